The fourth-order valence-corrected chi connectivity index (χ4v) is 6.19. The summed E-state index contributed by atoms with van der Waals surface area (Å²) >= 11 is 1.26. The Bertz CT molecular complexity index is 816. The molecule has 1 aliphatic heterocycles. The molecule has 0 spiro atoms. The topological polar surface area (TPSA) is 85.1 Å². The number of aliphatic hydroxyl groups is 1. The van der Waals surface area contributed by atoms with Gasteiger partial charge in [0.05, 0.1) is 28.5 Å². The van der Waals surface area contributed by atoms with Gasteiger partial charge in [-0.3, -0.25) is 0 Å². The fourth-order valence-electron chi connectivity index (χ4n) is 2.76. The molecule has 0 bridgehead atoms. The average Bonchev–Trinajstić information content (AvgIpc) is 3.21. The Morgan fingerprint density at radius 1 is 1.17 bits per heavy atom. The Morgan fingerprint density at radius 3 is 2.52 bits per heavy atom. The van der Waals surface area contributed by atoms with Crippen LogP contribution in [0.3, 0.4) is 0 Å². The van der Waals surface area contributed by atoms with Crippen LogP contribution in [0, 0.1) is 0 Å². The number of nitrogens with zero attached hydrogens (tertiary/aromatic N) is 3. The van der Waals surface area contributed by atoms with Gasteiger partial charge < -0.3 is 5.11 Å². The van der Waals surface area contributed by atoms with E-state index in [4.69, 9.17) is 0 Å². The lowest BCUT2D eigenvalue weighted by molar-refractivity contribution is 0.207. The van der Waals surface area contributed by atoms with Gasteiger partial charge in [0.15, 0.2) is 9.84 Å². The minimum absolute atomic E-state index is 0.0164. The van der Waals surface area contributed by atoms with E-state index in [1.54, 1.807) is 0 Å². The van der Waals surface area contributed by atoms with Crippen LogP contribution in [0.4, 0.5) is 0 Å². The minimum Gasteiger partial charge on any atom is -0.391 e. The van der Waals surface area contributed by atoms with Crippen molar-refractivity contribution in [2.45, 2.75) is 35.3 Å². The molecule has 4 rings (SSSR count). The third-order valence-electron chi connectivity index (χ3n) is 4.08. The fraction of sp³-hybridized carbons (Fsp3) is 0.467. The molecule has 1 aromatic heterocycles. The van der Waals surface area contributed by atoms with Crippen molar-refractivity contribution in [1.82, 2.24) is 14.8 Å². The Balaban J connectivity index is 1.63. The molecular weight excluding hydrogens is 334 g/mol. The molecule has 2 atom stereocenters. The van der Waals surface area contributed by atoms with Crippen LogP contribution < -0.4 is 0 Å². The predicted octanol–water partition coefficient (Wildman–Crippen LogP) is 1.39. The number of benzene rings is 1. The van der Waals surface area contributed by atoms with Gasteiger partial charge in [0.2, 0.25) is 5.16 Å². The number of aliphatic hydroxyl groups excluding tert-OH is 1. The van der Waals surface area contributed by atoms with E-state index in [1.165, 1.54) is 11.8 Å². The lowest BCUT2D eigenvalue weighted by Crippen LogP contribution is -2.20. The molecule has 2 heterocycles. The van der Waals surface area contributed by atoms with Crippen molar-refractivity contribution in [3.63, 3.8) is 0 Å². The molecule has 2 aromatic rings. The molecule has 6 nitrogen and oxygen atoms in total. The van der Waals surface area contributed by atoms with Crippen LogP contribution in [-0.2, 0) is 9.84 Å². The summed E-state index contributed by atoms with van der Waals surface area (Å²) in [5, 5.41) is 14.6. The number of hydrogen-bond donors (Lipinski definition) is 1. The molecule has 2 aliphatic rings. The molecule has 2 fully saturated rings. The summed E-state index contributed by atoms with van der Waals surface area (Å²) in [6, 6.07) is 9.81. The van der Waals surface area contributed by atoms with Gasteiger partial charge in [0.1, 0.15) is 5.82 Å². The average molecular weight is 351 g/mol. The van der Waals surface area contributed by atoms with Crippen molar-refractivity contribution in [2.24, 2.45) is 0 Å². The van der Waals surface area contributed by atoms with E-state index in [1.807, 2.05) is 35.0 Å². The molecular formula is C15H17N3O3S2. The summed E-state index contributed by atoms with van der Waals surface area (Å²) in [7, 11) is -3.16. The second-order valence-electron chi connectivity index (χ2n) is 6.07. The van der Waals surface area contributed by atoms with Gasteiger partial charge in [0.25, 0.3) is 0 Å². The van der Waals surface area contributed by atoms with Gasteiger partial charge >= 0.3 is 0 Å². The number of sulfone groups is 1. The molecule has 1 aromatic carbocycles. The summed E-state index contributed by atoms with van der Waals surface area (Å²) in [4.78, 5) is 4.60. The minimum atomic E-state index is -3.16. The molecule has 122 valence electrons. The summed E-state index contributed by atoms with van der Waals surface area (Å²) < 4.78 is 25.1. The third-order valence-corrected chi connectivity index (χ3v) is 7.18. The molecule has 1 aliphatic carbocycles. The molecule has 8 heteroatoms. The second kappa shape index (κ2) is 5.61. The van der Waals surface area contributed by atoms with Gasteiger partial charge in [-0.1, -0.05) is 30.0 Å². The van der Waals surface area contributed by atoms with Crippen LogP contribution in [0.2, 0.25) is 0 Å². The van der Waals surface area contributed by atoms with E-state index < -0.39 is 21.2 Å². The molecule has 0 unspecified atom stereocenters. The van der Waals surface area contributed by atoms with Crippen LogP contribution in [0.5, 0.6) is 0 Å². The number of thioether (sulfide) groups is 1. The summed E-state index contributed by atoms with van der Waals surface area (Å²) in [6.07, 6.45) is 1.37. The van der Waals surface area contributed by atoms with Crippen molar-refractivity contribution in [1.29, 1.82) is 0 Å². The summed E-state index contributed by atoms with van der Waals surface area (Å²) in [5.74, 6) is 1.17. The zero-order chi connectivity index (χ0) is 16.0. The van der Waals surface area contributed by atoms with E-state index in [9.17, 15) is 13.5 Å². The van der Waals surface area contributed by atoms with Crippen molar-refractivity contribution in [2.75, 3.05) is 11.5 Å². The first-order chi connectivity index (χ1) is 11.0. The first kappa shape index (κ1) is 15.2. The SMILES string of the molecule is O=S1(=O)C[C@@H](O)[C@@H](Sc2nc(C3CC3)n(-c3ccccc3)n2)C1. The van der Waals surface area contributed by atoms with Crippen LogP contribution in [0.25, 0.3) is 5.69 Å². The van der Waals surface area contributed by atoms with Gasteiger partial charge in [-0.15, -0.1) is 5.10 Å². The lowest BCUT2D eigenvalue weighted by Gasteiger charge is -2.08. The Kier molecular flexibility index (Phi) is 3.70. The maximum Gasteiger partial charge on any atom is 0.209 e. The van der Waals surface area contributed by atoms with Gasteiger partial charge in [-0.05, 0) is 25.0 Å². The van der Waals surface area contributed by atoms with Crippen LogP contribution in [-0.4, -0.2) is 51.1 Å². The summed E-state index contributed by atoms with van der Waals surface area (Å²) in [5.41, 5.74) is 0.952. The Morgan fingerprint density at radius 2 is 1.91 bits per heavy atom. The molecule has 1 saturated carbocycles. The highest BCUT2D eigenvalue weighted by Crippen LogP contribution is 2.41. The van der Waals surface area contributed by atoms with Crippen molar-refractivity contribution >= 4 is 21.6 Å². The normalized spacial score (nSPS) is 26.5. The first-order valence-electron chi connectivity index (χ1n) is 7.59. The van der Waals surface area contributed by atoms with E-state index in [-0.39, 0.29) is 11.5 Å². The van der Waals surface area contributed by atoms with E-state index in [0.29, 0.717) is 11.1 Å². The quantitative estimate of drug-likeness (QED) is 0.896. The number of hydrogen-bond acceptors (Lipinski definition) is 6. The van der Waals surface area contributed by atoms with Gasteiger partial charge in [0, 0.05) is 5.92 Å². The van der Waals surface area contributed by atoms with E-state index >= 15 is 0 Å². The van der Waals surface area contributed by atoms with Crippen molar-refractivity contribution in [3.8, 4) is 5.69 Å². The standard InChI is InChI=1S/C15H17N3O3S2/c19-12-8-23(20,21)9-13(12)22-15-16-14(10-6-7-10)18(17-15)11-4-2-1-3-5-11/h1-5,10,12-13,19H,6-9H2/t12-,13+/m1/s1. The van der Waals surface area contributed by atoms with Crippen molar-refractivity contribution < 1.29 is 13.5 Å². The van der Waals surface area contributed by atoms with Crippen LogP contribution >= 0.6 is 11.8 Å². The molecule has 23 heavy (non-hydrogen) atoms. The second-order valence-corrected chi connectivity index (χ2v) is 9.43. The zero-order valence-electron chi connectivity index (χ0n) is 12.4. The molecule has 1 N–H and O–H groups in total. The third kappa shape index (κ3) is 3.15. The first-order valence-corrected chi connectivity index (χ1v) is 10.3. The lowest BCUT2D eigenvalue weighted by atomic mass is 10.3. The highest BCUT2D eigenvalue weighted by Gasteiger charge is 2.38. The van der Waals surface area contributed by atoms with Crippen molar-refractivity contribution in [3.05, 3.63) is 36.2 Å². The maximum atomic E-state index is 11.6. The van der Waals surface area contributed by atoms with Crippen LogP contribution in [0.1, 0.15) is 24.6 Å². The Hall–Kier alpha value is -1.38. The van der Waals surface area contributed by atoms with Crippen LogP contribution in [0.15, 0.2) is 35.5 Å². The van der Waals surface area contributed by atoms with E-state index in [0.717, 1.165) is 24.4 Å². The highest BCUT2D eigenvalue weighted by atomic mass is 32.2. The monoisotopic (exact) mass is 351 g/mol. The number of aromatic nitrogens is 3. The largest absolute Gasteiger partial charge is 0.391 e. The van der Waals surface area contributed by atoms with E-state index in [2.05, 4.69) is 10.1 Å². The Labute approximate surface area is 138 Å². The molecule has 1 saturated heterocycles. The van der Waals surface area contributed by atoms with Gasteiger partial charge in [-0.25, -0.2) is 18.1 Å². The number of para-hydroxylation sites is 1. The maximum absolute atomic E-state index is 11.6. The van der Waals surface area contributed by atoms with Gasteiger partial charge in [-0.2, -0.15) is 0 Å². The molecule has 0 radical (unpaired) electrons. The number of rotatable bonds is 4. The predicted molar refractivity (Wildman–Crippen MR) is 87.6 cm³/mol. The summed E-state index contributed by atoms with van der Waals surface area (Å²) in [6.45, 7) is 0. The molecule has 0 amide bonds. The smallest absolute Gasteiger partial charge is 0.209 e. The zero-order valence-corrected chi connectivity index (χ0v) is 14.0. The highest BCUT2D eigenvalue weighted by molar-refractivity contribution is 8.01.